The summed E-state index contributed by atoms with van der Waals surface area (Å²) in [6.45, 7) is 3.23. The zero-order valence-electron chi connectivity index (χ0n) is 7.81. The Kier molecular flexibility index (Phi) is 3.88. The number of benzene rings is 1. The normalized spacial score (nSPS) is 11.8. The third-order valence-electron chi connectivity index (χ3n) is 1.89. The summed E-state index contributed by atoms with van der Waals surface area (Å²) < 4.78 is 0. The molecule has 1 atom stereocenters. The van der Waals surface area contributed by atoms with Crippen molar-refractivity contribution in [3.63, 3.8) is 0 Å². The Morgan fingerprint density at radius 1 is 1.50 bits per heavy atom. The first kappa shape index (κ1) is 10.5. The van der Waals surface area contributed by atoms with E-state index in [1.54, 1.807) is 0 Å². The fourth-order valence-electron chi connectivity index (χ4n) is 1.15. The molecule has 0 unspecified atom stereocenters. The van der Waals surface area contributed by atoms with Crippen LogP contribution in [0.3, 0.4) is 0 Å². The van der Waals surface area contributed by atoms with Crippen LogP contribution in [0.15, 0.2) is 43.0 Å². The second-order valence-electron chi connectivity index (χ2n) is 2.86. The third kappa shape index (κ3) is 2.71. The molecule has 0 spiro atoms. The van der Waals surface area contributed by atoms with E-state index in [-0.39, 0.29) is 18.6 Å². The molecule has 0 radical (unpaired) electrons. The van der Waals surface area contributed by atoms with Crippen LogP contribution in [0.25, 0.3) is 0 Å². The first-order valence-electron chi connectivity index (χ1n) is 4.36. The van der Waals surface area contributed by atoms with Crippen molar-refractivity contribution in [3.05, 3.63) is 48.6 Å². The van der Waals surface area contributed by atoms with E-state index in [9.17, 15) is 4.79 Å². The van der Waals surface area contributed by atoms with E-state index in [4.69, 9.17) is 5.11 Å². The minimum Gasteiger partial charge on any atom is -0.394 e. The van der Waals surface area contributed by atoms with Gasteiger partial charge in [0.05, 0.1) is 12.6 Å². The van der Waals surface area contributed by atoms with E-state index in [1.165, 1.54) is 6.08 Å². The zero-order chi connectivity index (χ0) is 10.4. The first-order valence-corrected chi connectivity index (χ1v) is 4.36. The molecule has 2 N–H and O–H groups in total. The van der Waals surface area contributed by atoms with Crippen molar-refractivity contribution in [3.8, 4) is 0 Å². The lowest BCUT2D eigenvalue weighted by Crippen LogP contribution is -2.29. The molecule has 3 nitrogen and oxygen atoms in total. The maximum absolute atomic E-state index is 11.0. The number of aliphatic hydroxyl groups excluding tert-OH is 1. The molecule has 3 heteroatoms. The van der Waals surface area contributed by atoms with Crippen molar-refractivity contribution < 1.29 is 9.90 Å². The number of hydrogen-bond acceptors (Lipinski definition) is 2. The Balaban J connectivity index is 2.72. The van der Waals surface area contributed by atoms with Crippen molar-refractivity contribution in [2.45, 2.75) is 6.04 Å². The minimum absolute atomic E-state index is 0.121. The predicted octanol–water partition coefficient (Wildman–Crippen LogP) is 1.02. The fourth-order valence-corrected chi connectivity index (χ4v) is 1.15. The van der Waals surface area contributed by atoms with Gasteiger partial charge in [-0.25, -0.2) is 0 Å². The van der Waals surface area contributed by atoms with Gasteiger partial charge in [0.25, 0.3) is 0 Å². The highest BCUT2D eigenvalue weighted by atomic mass is 16.3. The second-order valence-corrected chi connectivity index (χ2v) is 2.86. The van der Waals surface area contributed by atoms with Crippen LogP contribution in [0.2, 0.25) is 0 Å². The lowest BCUT2D eigenvalue weighted by atomic mass is 10.1. The van der Waals surface area contributed by atoms with E-state index in [1.807, 2.05) is 30.3 Å². The van der Waals surface area contributed by atoms with E-state index in [0.29, 0.717) is 0 Å². The van der Waals surface area contributed by atoms with Crippen molar-refractivity contribution in [1.29, 1.82) is 0 Å². The third-order valence-corrected chi connectivity index (χ3v) is 1.89. The fraction of sp³-hybridized carbons (Fsp3) is 0.182. The second kappa shape index (κ2) is 5.19. The quantitative estimate of drug-likeness (QED) is 0.698. The molecule has 0 aromatic heterocycles. The lowest BCUT2D eigenvalue weighted by molar-refractivity contribution is -0.117. The van der Waals surface area contributed by atoms with Crippen LogP contribution in [-0.4, -0.2) is 17.6 Å². The van der Waals surface area contributed by atoms with E-state index < -0.39 is 0 Å². The Morgan fingerprint density at radius 2 is 2.14 bits per heavy atom. The molecule has 0 saturated carbocycles. The summed E-state index contributed by atoms with van der Waals surface area (Å²) in [7, 11) is 0. The molecule has 14 heavy (non-hydrogen) atoms. The largest absolute Gasteiger partial charge is 0.394 e. The summed E-state index contributed by atoms with van der Waals surface area (Å²) in [4.78, 5) is 11.0. The molecule has 0 aliphatic heterocycles. The van der Waals surface area contributed by atoms with Crippen molar-refractivity contribution >= 4 is 5.91 Å². The van der Waals surface area contributed by atoms with Gasteiger partial charge in [-0.1, -0.05) is 36.9 Å². The molecule has 1 rings (SSSR count). The summed E-state index contributed by atoms with van der Waals surface area (Å²) >= 11 is 0. The molecule has 0 heterocycles. The zero-order valence-corrected chi connectivity index (χ0v) is 7.81. The maximum atomic E-state index is 11.0. The van der Waals surface area contributed by atoms with E-state index in [0.717, 1.165) is 5.56 Å². The van der Waals surface area contributed by atoms with Crippen molar-refractivity contribution in [2.24, 2.45) is 0 Å². The molecular formula is C11H13NO2. The van der Waals surface area contributed by atoms with Gasteiger partial charge in [0, 0.05) is 0 Å². The molecule has 0 fully saturated rings. The number of amides is 1. The summed E-state index contributed by atoms with van der Waals surface area (Å²) in [6, 6.07) is 8.94. The number of nitrogens with one attached hydrogen (secondary N) is 1. The monoisotopic (exact) mass is 191 g/mol. The number of carbonyl (C=O) groups excluding carboxylic acids is 1. The van der Waals surface area contributed by atoms with Gasteiger partial charge in [-0.2, -0.15) is 0 Å². The molecule has 0 saturated heterocycles. The summed E-state index contributed by atoms with van der Waals surface area (Å²) in [6.07, 6.45) is 1.19. The SMILES string of the molecule is C=CC(=O)N[C@H](CO)c1ccccc1. The number of hydrogen-bond donors (Lipinski definition) is 2. The summed E-state index contributed by atoms with van der Waals surface area (Å²) in [5, 5.41) is 11.7. The van der Waals surface area contributed by atoms with Gasteiger partial charge in [0.15, 0.2) is 0 Å². The average Bonchev–Trinajstić information content (AvgIpc) is 2.26. The molecule has 74 valence electrons. The first-order chi connectivity index (χ1) is 6.77. The minimum atomic E-state index is -0.360. The summed E-state index contributed by atoms with van der Waals surface area (Å²) in [5.74, 6) is -0.284. The van der Waals surface area contributed by atoms with Crippen LogP contribution in [-0.2, 0) is 4.79 Å². The van der Waals surface area contributed by atoms with Crippen LogP contribution >= 0.6 is 0 Å². The lowest BCUT2D eigenvalue weighted by Gasteiger charge is -2.15. The van der Waals surface area contributed by atoms with Crippen LogP contribution in [0.4, 0.5) is 0 Å². The molecule has 0 bridgehead atoms. The molecule has 1 aromatic carbocycles. The number of rotatable bonds is 4. The van der Waals surface area contributed by atoms with Gasteiger partial charge >= 0.3 is 0 Å². The van der Waals surface area contributed by atoms with Crippen molar-refractivity contribution in [1.82, 2.24) is 5.32 Å². The highest BCUT2D eigenvalue weighted by Crippen LogP contribution is 2.10. The van der Waals surface area contributed by atoms with Gasteiger partial charge in [-0.3, -0.25) is 4.79 Å². The van der Waals surface area contributed by atoms with Gasteiger partial charge in [0.2, 0.25) is 5.91 Å². The Morgan fingerprint density at radius 3 is 2.64 bits per heavy atom. The van der Waals surface area contributed by atoms with Crippen LogP contribution in [0, 0.1) is 0 Å². The van der Waals surface area contributed by atoms with Crippen LogP contribution in [0.5, 0.6) is 0 Å². The van der Waals surface area contributed by atoms with Gasteiger partial charge < -0.3 is 10.4 Å². The van der Waals surface area contributed by atoms with Crippen LogP contribution < -0.4 is 5.32 Å². The van der Waals surface area contributed by atoms with Gasteiger partial charge in [0.1, 0.15) is 0 Å². The topological polar surface area (TPSA) is 49.3 Å². The van der Waals surface area contributed by atoms with E-state index in [2.05, 4.69) is 11.9 Å². The molecule has 1 aromatic rings. The molecular weight excluding hydrogens is 178 g/mol. The number of carbonyl (C=O) groups is 1. The average molecular weight is 191 g/mol. The summed E-state index contributed by atoms with van der Waals surface area (Å²) in [5.41, 5.74) is 0.880. The highest BCUT2D eigenvalue weighted by Gasteiger charge is 2.10. The molecule has 0 aliphatic rings. The molecule has 1 amide bonds. The maximum Gasteiger partial charge on any atom is 0.243 e. The predicted molar refractivity (Wildman–Crippen MR) is 54.6 cm³/mol. The van der Waals surface area contributed by atoms with Crippen LogP contribution in [0.1, 0.15) is 11.6 Å². The Bertz CT molecular complexity index is 308. The van der Waals surface area contributed by atoms with Crippen molar-refractivity contribution in [2.75, 3.05) is 6.61 Å². The van der Waals surface area contributed by atoms with Gasteiger partial charge in [-0.05, 0) is 11.6 Å². The van der Waals surface area contributed by atoms with Gasteiger partial charge in [-0.15, -0.1) is 0 Å². The van der Waals surface area contributed by atoms with E-state index >= 15 is 0 Å². The Labute approximate surface area is 83.1 Å². The standard InChI is InChI=1S/C11H13NO2/c1-2-11(14)12-10(8-13)9-6-4-3-5-7-9/h2-7,10,13H,1,8H2,(H,12,14)/t10-/m1/s1. The number of aliphatic hydroxyl groups is 1. The Hall–Kier alpha value is -1.61. The smallest absolute Gasteiger partial charge is 0.243 e. The highest BCUT2D eigenvalue weighted by molar-refractivity contribution is 5.87. The molecule has 0 aliphatic carbocycles.